The van der Waals surface area contributed by atoms with Crippen LogP contribution in [0.4, 0.5) is 13.2 Å². The van der Waals surface area contributed by atoms with Crippen LogP contribution in [-0.2, 0) is 0 Å². The molecule has 0 amide bonds. The zero-order valence-electron chi connectivity index (χ0n) is 6.60. The second kappa shape index (κ2) is 6.51. The summed E-state index contributed by atoms with van der Waals surface area (Å²) < 4.78 is 35.2. The van der Waals surface area contributed by atoms with Gasteiger partial charge in [-0.05, 0) is 19.4 Å². The van der Waals surface area contributed by atoms with E-state index in [1.54, 1.807) is 0 Å². The maximum Gasteiger partial charge on any atom is 0.403 e. The molecule has 0 aromatic rings. The van der Waals surface area contributed by atoms with Gasteiger partial charge in [-0.1, -0.05) is 6.42 Å². The zero-order chi connectivity index (χ0) is 8.91. The van der Waals surface area contributed by atoms with Crippen LogP contribution in [0.3, 0.4) is 0 Å². The van der Waals surface area contributed by atoms with Gasteiger partial charge in [-0.3, -0.25) is 0 Å². The van der Waals surface area contributed by atoms with Gasteiger partial charge in [-0.15, -0.1) is 12.4 Å². The van der Waals surface area contributed by atoms with Crippen LogP contribution in [0.25, 0.3) is 0 Å². The lowest BCUT2D eigenvalue weighted by atomic mass is 10.1. The van der Waals surface area contributed by atoms with E-state index in [9.17, 15) is 13.2 Å². The van der Waals surface area contributed by atoms with Gasteiger partial charge in [0.15, 0.2) is 0 Å². The van der Waals surface area contributed by atoms with Gasteiger partial charge in [0.25, 0.3) is 0 Å². The predicted molar refractivity (Wildman–Crippen MR) is 44.2 cm³/mol. The Morgan fingerprint density at radius 3 is 2.00 bits per heavy atom. The molecule has 0 aliphatic heterocycles. The zero-order valence-corrected chi connectivity index (χ0v) is 7.42. The first-order valence-corrected chi connectivity index (χ1v) is 3.51. The van der Waals surface area contributed by atoms with Crippen LogP contribution in [0, 0.1) is 0 Å². The fraction of sp³-hybridized carbons (Fsp3) is 1.00. The number of unbranched alkanes of at least 4 members (excludes halogenated alkanes) is 1. The molecule has 0 heterocycles. The topological polar surface area (TPSA) is 52.0 Å². The molecule has 0 aromatic heterocycles. The molecule has 0 aliphatic carbocycles. The number of rotatable bonds is 4. The molecule has 0 radical (unpaired) electrons. The fourth-order valence-corrected chi connectivity index (χ4v) is 0.672. The molecule has 6 heteroatoms. The third-order valence-electron chi connectivity index (χ3n) is 1.39. The maximum absolute atomic E-state index is 11.7. The molecular formula is C6H14ClF3N2. The summed E-state index contributed by atoms with van der Waals surface area (Å²) in [6.45, 7) is 0.421. The second-order valence-electron chi connectivity index (χ2n) is 2.43. The van der Waals surface area contributed by atoms with Gasteiger partial charge in [-0.25, -0.2) is 0 Å². The molecule has 0 spiro atoms. The Kier molecular flexibility index (Phi) is 7.88. The van der Waals surface area contributed by atoms with Gasteiger partial charge in [0.2, 0.25) is 0 Å². The minimum atomic E-state index is -4.26. The molecule has 0 aliphatic rings. The Morgan fingerprint density at radius 2 is 1.67 bits per heavy atom. The van der Waals surface area contributed by atoms with Gasteiger partial charge in [0, 0.05) is 0 Å². The van der Waals surface area contributed by atoms with Crippen molar-refractivity contribution in [2.24, 2.45) is 11.5 Å². The second-order valence-corrected chi connectivity index (χ2v) is 2.43. The third-order valence-corrected chi connectivity index (χ3v) is 1.39. The Labute approximate surface area is 75.9 Å². The molecule has 0 saturated heterocycles. The third kappa shape index (κ3) is 6.69. The summed E-state index contributed by atoms with van der Waals surface area (Å²) in [5.74, 6) is 0. The molecule has 0 rings (SSSR count). The Bertz CT molecular complexity index is 107. The fourth-order valence-electron chi connectivity index (χ4n) is 0.672. The molecule has 12 heavy (non-hydrogen) atoms. The number of halogens is 4. The summed E-state index contributed by atoms with van der Waals surface area (Å²) in [6.07, 6.45) is -3.24. The van der Waals surface area contributed by atoms with E-state index in [0.29, 0.717) is 19.4 Å². The highest BCUT2D eigenvalue weighted by Crippen LogP contribution is 2.21. The lowest BCUT2D eigenvalue weighted by Crippen LogP contribution is -2.37. The molecule has 2 nitrogen and oxygen atoms in total. The van der Waals surface area contributed by atoms with E-state index in [-0.39, 0.29) is 18.8 Å². The van der Waals surface area contributed by atoms with E-state index < -0.39 is 12.2 Å². The van der Waals surface area contributed by atoms with Crippen LogP contribution < -0.4 is 11.5 Å². The predicted octanol–water partition coefficient (Wildman–Crippen LogP) is 1.43. The molecule has 0 aromatic carbocycles. The monoisotopic (exact) mass is 206 g/mol. The highest BCUT2D eigenvalue weighted by atomic mass is 35.5. The van der Waals surface area contributed by atoms with Crippen LogP contribution in [0.2, 0.25) is 0 Å². The maximum atomic E-state index is 11.7. The molecule has 0 fully saturated rings. The average Bonchev–Trinajstić information content (AvgIpc) is 1.86. The minimum Gasteiger partial charge on any atom is -0.330 e. The number of alkyl halides is 3. The van der Waals surface area contributed by atoms with Gasteiger partial charge in [0.05, 0.1) is 0 Å². The van der Waals surface area contributed by atoms with Gasteiger partial charge in [0.1, 0.15) is 6.04 Å². The first kappa shape index (κ1) is 14.5. The van der Waals surface area contributed by atoms with Crippen LogP contribution in [-0.4, -0.2) is 18.8 Å². The van der Waals surface area contributed by atoms with Crippen molar-refractivity contribution in [3.63, 3.8) is 0 Å². The van der Waals surface area contributed by atoms with Gasteiger partial charge >= 0.3 is 6.18 Å². The lowest BCUT2D eigenvalue weighted by molar-refractivity contribution is -0.149. The van der Waals surface area contributed by atoms with Crippen LogP contribution in [0.1, 0.15) is 19.3 Å². The number of nitrogens with two attached hydrogens (primary N) is 2. The molecule has 0 bridgehead atoms. The van der Waals surface area contributed by atoms with E-state index in [0.717, 1.165) is 0 Å². The lowest BCUT2D eigenvalue weighted by Gasteiger charge is -2.14. The van der Waals surface area contributed by atoms with Crippen molar-refractivity contribution in [2.75, 3.05) is 6.54 Å². The molecule has 1 atom stereocenters. The summed E-state index contributed by atoms with van der Waals surface area (Å²) in [7, 11) is 0. The standard InChI is InChI=1S/C6H13F3N2.ClH/c7-6(8,9)5(11)3-1-2-4-10;/h5H,1-4,10-11H2;1H/t5-;/m1./s1. The molecule has 4 N–H and O–H groups in total. The summed E-state index contributed by atoms with van der Waals surface area (Å²) in [5, 5.41) is 0. The van der Waals surface area contributed by atoms with Crippen LogP contribution in [0.15, 0.2) is 0 Å². The van der Waals surface area contributed by atoms with E-state index >= 15 is 0 Å². The largest absolute Gasteiger partial charge is 0.403 e. The molecule has 0 saturated carbocycles. The summed E-state index contributed by atoms with van der Waals surface area (Å²) in [4.78, 5) is 0. The molecule has 76 valence electrons. The summed E-state index contributed by atoms with van der Waals surface area (Å²) in [6, 6.07) is -1.69. The first-order valence-electron chi connectivity index (χ1n) is 3.51. The first-order chi connectivity index (χ1) is 4.98. The SMILES string of the molecule is Cl.NCCCC[C@@H](N)C(F)(F)F. The van der Waals surface area contributed by atoms with E-state index in [2.05, 4.69) is 0 Å². The summed E-state index contributed by atoms with van der Waals surface area (Å²) in [5.41, 5.74) is 9.93. The van der Waals surface area contributed by atoms with Crippen molar-refractivity contribution < 1.29 is 13.2 Å². The summed E-state index contributed by atoms with van der Waals surface area (Å²) >= 11 is 0. The van der Waals surface area contributed by atoms with Crippen molar-refractivity contribution in [1.29, 1.82) is 0 Å². The number of hydrogen-bond acceptors (Lipinski definition) is 2. The van der Waals surface area contributed by atoms with Crippen molar-refractivity contribution in [1.82, 2.24) is 0 Å². The Balaban J connectivity index is 0. The number of hydrogen-bond donors (Lipinski definition) is 2. The van der Waals surface area contributed by atoms with Crippen molar-refractivity contribution in [3.05, 3.63) is 0 Å². The quantitative estimate of drug-likeness (QED) is 0.684. The van der Waals surface area contributed by atoms with E-state index in [1.807, 2.05) is 0 Å². The van der Waals surface area contributed by atoms with E-state index in [1.165, 1.54) is 0 Å². The van der Waals surface area contributed by atoms with E-state index in [4.69, 9.17) is 11.5 Å². The minimum absolute atomic E-state index is 0. The van der Waals surface area contributed by atoms with Crippen molar-refractivity contribution in [3.8, 4) is 0 Å². The van der Waals surface area contributed by atoms with Crippen molar-refractivity contribution >= 4 is 12.4 Å². The van der Waals surface area contributed by atoms with Crippen LogP contribution >= 0.6 is 12.4 Å². The Morgan fingerprint density at radius 1 is 1.17 bits per heavy atom. The van der Waals surface area contributed by atoms with Crippen molar-refractivity contribution in [2.45, 2.75) is 31.5 Å². The van der Waals surface area contributed by atoms with Gasteiger partial charge in [-0.2, -0.15) is 13.2 Å². The van der Waals surface area contributed by atoms with Gasteiger partial charge < -0.3 is 11.5 Å². The highest BCUT2D eigenvalue weighted by molar-refractivity contribution is 5.85. The molecule has 0 unspecified atom stereocenters. The smallest absolute Gasteiger partial charge is 0.330 e. The molecular weight excluding hydrogens is 193 g/mol. The average molecular weight is 207 g/mol. The Hall–Kier alpha value is -0.0000000000000000555. The highest BCUT2D eigenvalue weighted by Gasteiger charge is 2.35. The van der Waals surface area contributed by atoms with Crippen LogP contribution in [0.5, 0.6) is 0 Å². The normalized spacial score (nSPS) is 13.8.